The van der Waals surface area contributed by atoms with Gasteiger partial charge in [-0.05, 0) is 34.1 Å². The van der Waals surface area contributed by atoms with Crippen molar-refractivity contribution in [3.8, 4) is 10.4 Å². The number of para-hydroxylation sites is 1. The quantitative estimate of drug-likeness (QED) is 0.330. The zero-order valence-electron chi connectivity index (χ0n) is 12.9. The van der Waals surface area contributed by atoms with E-state index in [0.29, 0.717) is 16.7 Å². The van der Waals surface area contributed by atoms with Crippen LogP contribution < -0.4 is 5.63 Å². The van der Waals surface area contributed by atoms with Crippen LogP contribution in [-0.4, -0.2) is 5.78 Å². The van der Waals surface area contributed by atoms with E-state index >= 15 is 0 Å². The highest BCUT2D eigenvalue weighted by Crippen LogP contribution is 2.37. The third-order valence-electron chi connectivity index (χ3n) is 3.90. The maximum atomic E-state index is 13.0. The summed E-state index contributed by atoms with van der Waals surface area (Å²) in [6.45, 7) is 0. The highest BCUT2D eigenvalue weighted by Gasteiger charge is 2.24. The van der Waals surface area contributed by atoms with Crippen LogP contribution in [0, 0.1) is 0 Å². The summed E-state index contributed by atoms with van der Waals surface area (Å²) in [7, 11) is 0. The number of thiophene rings is 1. The monoisotopic (exact) mass is 410 g/mol. The van der Waals surface area contributed by atoms with Crippen molar-refractivity contribution in [2.75, 3.05) is 0 Å². The fraction of sp³-hybridized carbons (Fsp3) is 0. The van der Waals surface area contributed by atoms with Gasteiger partial charge in [-0.15, -0.1) is 11.3 Å². The Labute approximate surface area is 155 Å². The SMILES string of the molecule is O=C(c1ccccc1)c1c(-c2ccc(Br)s2)c2ccccc2oc1=O. The van der Waals surface area contributed by atoms with E-state index in [9.17, 15) is 9.59 Å². The molecule has 5 heteroatoms. The minimum atomic E-state index is -0.618. The molecule has 3 nitrogen and oxygen atoms in total. The fourth-order valence-corrected chi connectivity index (χ4v) is 4.25. The molecular formula is C20H11BrO3S. The summed E-state index contributed by atoms with van der Waals surface area (Å²) in [6.07, 6.45) is 0. The lowest BCUT2D eigenvalue weighted by Gasteiger charge is -2.09. The molecule has 0 spiro atoms. The van der Waals surface area contributed by atoms with Crippen LogP contribution >= 0.6 is 27.3 Å². The Balaban J connectivity index is 2.08. The molecule has 2 aromatic carbocycles. The van der Waals surface area contributed by atoms with Gasteiger partial charge in [-0.25, -0.2) is 4.79 Å². The molecule has 0 saturated heterocycles. The summed E-state index contributed by atoms with van der Waals surface area (Å²) in [5.74, 6) is -0.334. The van der Waals surface area contributed by atoms with E-state index in [2.05, 4.69) is 15.9 Å². The predicted molar refractivity (Wildman–Crippen MR) is 103 cm³/mol. The molecule has 25 heavy (non-hydrogen) atoms. The second kappa shape index (κ2) is 6.43. The van der Waals surface area contributed by atoms with Gasteiger partial charge in [0, 0.05) is 21.4 Å². The van der Waals surface area contributed by atoms with Crippen molar-refractivity contribution in [2.45, 2.75) is 0 Å². The van der Waals surface area contributed by atoms with Crippen molar-refractivity contribution >= 4 is 44.0 Å². The van der Waals surface area contributed by atoms with Gasteiger partial charge in [0.15, 0.2) is 0 Å². The van der Waals surface area contributed by atoms with Gasteiger partial charge in [0.1, 0.15) is 11.1 Å². The van der Waals surface area contributed by atoms with Crippen LogP contribution in [0.2, 0.25) is 0 Å². The average molecular weight is 411 g/mol. The largest absolute Gasteiger partial charge is 0.422 e. The van der Waals surface area contributed by atoms with Crippen LogP contribution in [0.5, 0.6) is 0 Å². The minimum Gasteiger partial charge on any atom is -0.422 e. The van der Waals surface area contributed by atoms with E-state index in [0.717, 1.165) is 14.0 Å². The van der Waals surface area contributed by atoms with E-state index in [1.807, 2.05) is 30.3 Å². The first-order valence-electron chi connectivity index (χ1n) is 7.56. The number of halogens is 1. The summed E-state index contributed by atoms with van der Waals surface area (Å²) in [6, 6.07) is 19.9. The summed E-state index contributed by atoms with van der Waals surface area (Å²) < 4.78 is 6.35. The molecule has 0 aliphatic carbocycles. The number of hydrogen-bond acceptors (Lipinski definition) is 4. The van der Waals surface area contributed by atoms with Crippen LogP contribution in [0.25, 0.3) is 21.4 Å². The standard InChI is InChI=1S/C20H11BrO3S/c21-16-11-10-15(25-16)17-13-8-4-5-9-14(13)24-20(23)18(17)19(22)12-6-2-1-3-7-12/h1-11H. The molecule has 2 heterocycles. The van der Waals surface area contributed by atoms with Crippen LogP contribution in [0.15, 0.2) is 79.7 Å². The molecule has 122 valence electrons. The van der Waals surface area contributed by atoms with Gasteiger partial charge < -0.3 is 4.42 Å². The van der Waals surface area contributed by atoms with Crippen molar-refractivity contribution in [3.63, 3.8) is 0 Å². The molecule has 0 amide bonds. The number of hydrogen-bond donors (Lipinski definition) is 0. The minimum absolute atomic E-state index is 0.0688. The smallest absolute Gasteiger partial charge is 0.348 e. The Kier molecular flexibility index (Phi) is 4.11. The van der Waals surface area contributed by atoms with Crippen molar-refractivity contribution in [1.29, 1.82) is 0 Å². The number of carbonyl (C=O) groups is 1. The summed E-state index contributed by atoms with van der Waals surface area (Å²) in [5, 5.41) is 0.746. The number of carbonyl (C=O) groups excluding carboxylic acids is 1. The molecule has 0 radical (unpaired) electrons. The van der Waals surface area contributed by atoms with Gasteiger partial charge in [0.25, 0.3) is 0 Å². The molecule has 0 bridgehead atoms. The van der Waals surface area contributed by atoms with E-state index in [-0.39, 0.29) is 11.3 Å². The molecular weight excluding hydrogens is 400 g/mol. The summed E-state index contributed by atoms with van der Waals surface area (Å²) in [5.41, 5.74) is 1.00. The first-order chi connectivity index (χ1) is 12.1. The van der Waals surface area contributed by atoms with Gasteiger partial charge in [-0.3, -0.25) is 4.79 Å². The Morgan fingerprint density at radius 1 is 0.920 bits per heavy atom. The fourth-order valence-electron chi connectivity index (χ4n) is 2.79. The van der Waals surface area contributed by atoms with Gasteiger partial charge in [0.2, 0.25) is 5.78 Å². The Morgan fingerprint density at radius 2 is 1.64 bits per heavy atom. The summed E-state index contributed by atoms with van der Waals surface area (Å²) >= 11 is 4.93. The lowest BCUT2D eigenvalue weighted by molar-refractivity contribution is 0.103. The maximum Gasteiger partial charge on any atom is 0.348 e. The predicted octanol–water partition coefficient (Wildman–Crippen LogP) is 5.52. The van der Waals surface area contributed by atoms with Crippen molar-refractivity contribution < 1.29 is 9.21 Å². The van der Waals surface area contributed by atoms with Crippen molar-refractivity contribution in [2.24, 2.45) is 0 Å². The number of rotatable bonds is 3. The first-order valence-corrected chi connectivity index (χ1v) is 9.17. The second-order valence-corrected chi connectivity index (χ2v) is 7.90. The van der Waals surface area contributed by atoms with Crippen LogP contribution in [0.4, 0.5) is 0 Å². The first kappa shape index (κ1) is 16.0. The Bertz CT molecular complexity index is 1140. The Morgan fingerprint density at radius 3 is 2.36 bits per heavy atom. The van der Waals surface area contributed by atoms with E-state index in [1.54, 1.807) is 36.4 Å². The third kappa shape index (κ3) is 2.86. The average Bonchev–Trinajstić information content (AvgIpc) is 3.06. The molecule has 0 N–H and O–H groups in total. The molecule has 2 aromatic heterocycles. The normalized spacial score (nSPS) is 10.9. The van der Waals surface area contributed by atoms with Crippen LogP contribution in [0.3, 0.4) is 0 Å². The molecule has 4 rings (SSSR count). The van der Waals surface area contributed by atoms with Crippen molar-refractivity contribution in [3.05, 3.63) is 92.1 Å². The molecule has 0 atom stereocenters. The van der Waals surface area contributed by atoms with Crippen LogP contribution in [-0.2, 0) is 0 Å². The zero-order valence-corrected chi connectivity index (χ0v) is 15.3. The van der Waals surface area contributed by atoms with E-state index in [1.165, 1.54) is 11.3 Å². The van der Waals surface area contributed by atoms with Crippen molar-refractivity contribution in [1.82, 2.24) is 0 Å². The zero-order chi connectivity index (χ0) is 17.4. The van der Waals surface area contributed by atoms with Gasteiger partial charge >= 0.3 is 5.63 Å². The lowest BCUT2D eigenvalue weighted by atomic mass is 9.96. The molecule has 0 aliphatic rings. The summed E-state index contributed by atoms with van der Waals surface area (Å²) in [4.78, 5) is 26.5. The maximum absolute atomic E-state index is 13.0. The van der Waals surface area contributed by atoms with Gasteiger partial charge in [-0.1, -0.05) is 48.5 Å². The lowest BCUT2D eigenvalue weighted by Crippen LogP contribution is -2.17. The molecule has 0 aliphatic heterocycles. The molecule has 0 fully saturated rings. The second-order valence-electron chi connectivity index (χ2n) is 5.43. The highest BCUT2D eigenvalue weighted by atomic mass is 79.9. The molecule has 0 saturated carbocycles. The third-order valence-corrected chi connectivity index (χ3v) is 5.54. The van der Waals surface area contributed by atoms with Gasteiger partial charge in [-0.2, -0.15) is 0 Å². The molecule has 4 aromatic rings. The number of benzene rings is 2. The van der Waals surface area contributed by atoms with E-state index < -0.39 is 5.63 Å². The van der Waals surface area contributed by atoms with Crippen LogP contribution in [0.1, 0.15) is 15.9 Å². The highest BCUT2D eigenvalue weighted by molar-refractivity contribution is 9.11. The topological polar surface area (TPSA) is 47.3 Å². The molecule has 0 unspecified atom stereocenters. The number of fused-ring (bicyclic) bond motifs is 1. The number of ketones is 1. The Hall–Kier alpha value is -2.50. The van der Waals surface area contributed by atoms with Gasteiger partial charge in [0.05, 0.1) is 3.79 Å². The van der Waals surface area contributed by atoms with E-state index in [4.69, 9.17) is 4.42 Å².